The number of rotatable bonds is 10. The lowest BCUT2D eigenvalue weighted by Crippen LogP contribution is -2.44. The van der Waals surface area contributed by atoms with E-state index in [0.29, 0.717) is 41.6 Å². The van der Waals surface area contributed by atoms with Crippen LogP contribution >= 0.6 is 27.5 Å². The van der Waals surface area contributed by atoms with Gasteiger partial charge in [0.25, 0.3) is 0 Å². The van der Waals surface area contributed by atoms with E-state index in [1.165, 1.54) is 0 Å². The fourth-order valence-corrected chi connectivity index (χ4v) is 6.05. The third-order valence-corrected chi connectivity index (χ3v) is 8.62. The fraction of sp³-hybridized carbons (Fsp3) is 0.235. The van der Waals surface area contributed by atoms with Crippen molar-refractivity contribution in [2.24, 2.45) is 0 Å². The molecule has 0 radical (unpaired) electrons. The second-order valence-electron chi connectivity index (χ2n) is 10.2. The molecule has 4 aromatic rings. The molecule has 42 heavy (non-hydrogen) atoms. The fourth-order valence-electron chi connectivity index (χ4n) is 5.20. The van der Waals surface area contributed by atoms with E-state index < -0.39 is 12.0 Å². The van der Waals surface area contributed by atoms with E-state index in [9.17, 15) is 15.2 Å². The molecule has 214 valence electrons. The minimum absolute atomic E-state index is 0.233. The number of hydrogen-bond donors (Lipinski definition) is 1. The number of nitriles is 1. The standard InChI is InChI=1S/C34H30BrClN2O4/c35-33-26(12-7-13-28(33)25-10-2-1-3-11-25)22-42-32-18-31(41-21-24-9-6-8-23(16-24)19-37)27(17-29(32)36)20-38-15-5-4-14-30(38)34(39)40/h1-3,6-13,16-18,30H,4-5,14-15,20-22H2,(H,39,40)/t30-/m0/s1. The van der Waals surface area contributed by atoms with Crippen molar-refractivity contribution >= 4 is 33.5 Å². The van der Waals surface area contributed by atoms with E-state index in [1.54, 1.807) is 24.3 Å². The number of piperidine rings is 1. The molecule has 0 unspecified atom stereocenters. The van der Waals surface area contributed by atoms with Gasteiger partial charge in [0.15, 0.2) is 0 Å². The molecule has 1 saturated heterocycles. The summed E-state index contributed by atoms with van der Waals surface area (Å²) in [6, 6.07) is 28.6. The zero-order valence-corrected chi connectivity index (χ0v) is 25.3. The summed E-state index contributed by atoms with van der Waals surface area (Å²) in [6.07, 6.45) is 2.44. The third-order valence-electron chi connectivity index (χ3n) is 7.38. The van der Waals surface area contributed by atoms with Gasteiger partial charge in [-0.3, -0.25) is 9.69 Å². The molecule has 0 amide bonds. The van der Waals surface area contributed by atoms with E-state index in [0.717, 1.165) is 45.1 Å². The Kier molecular flexibility index (Phi) is 9.81. The van der Waals surface area contributed by atoms with Gasteiger partial charge in [0.2, 0.25) is 0 Å². The summed E-state index contributed by atoms with van der Waals surface area (Å²) in [5, 5.41) is 19.5. The van der Waals surface area contributed by atoms with Crippen LogP contribution in [0.15, 0.2) is 89.4 Å². The number of likely N-dealkylation sites (tertiary alicyclic amines) is 1. The maximum Gasteiger partial charge on any atom is 0.320 e. The first-order valence-corrected chi connectivity index (χ1v) is 15.0. The molecule has 4 aromatic carbocycles. The van der Waals surface area contributed by atoms with Gasteiger partial charge in [-0.2, -0.15) is 5.26 Å². The number of halogens is 2. The number of nitrogens with zero attached hydrogens (tertiary/aromatic N) is 2. The van der Waals surface area contributed by atoms with Crippen LogP contribution in [0.1, 0.15) is 41.5 Å². The Balaban J connectivity index is 1.41. The molecule has 8 heteroatoms. The molecule has 0 saturated carbocycles. The number of benzene rings is 4. The molecule has 1 heterocycles. The van der Waals surface area contributed by atoms with Crippen molar-refractivity contribution in [1.82, 2.24) is 4.90 Å². The van der Waals surface area contributed by atoms with Crippen LogP contribution < -0.4 is 9.47 Å². The Hall–Kier alpha value is -3.83. The van der Waals surface area contributed by atoms with Gasteiger partial charge in [-0.1, -0.05) is 78.7 Å². The van der Waals surface area contributed by atoms with Gasteiger partial charge in [-0.25, -0.2) is 0 Å². The third kappa shape index (κ3) is 7.14. The second kappa shape index (κ2) is 13.9. The monoisotopic (exact) mass is 644 g/mol. The molecular weight excluding hydrogens is 616 g/mol. The van der Waals surface area contributed by atoms with Crippen LogP contribution in [0.3, 0.4) is 0 Å². The van der Waals surface area contributed by atoms with E-state index in [4.69, 9.17) is 21.1 Å². The van der Waals surface area contributed by atoms with Crippen molar-refractivity contribution in [3.8, 4) is 28.7 Å². The van der Waals surface area contributed by atoms with Crippen molar-refractivity contribution in [1.29, 1.82) is 5.26 Å². The van der Waals surface area contributed by atoms with Crippen LogP contribution in [0.2, 0.25) is 5.02 Å². The molecule has 0 aliphatic carbocycles. The van der Waals surface area contributed by atoms with Gasteiger partial charge in [0.05, 0.1) is 16.7 Å². The zero-order valence-electron chi connectivity index (χ0n) is 22.9. The number of ether oxygens (including phenoxy) is 2. The Labute approximate surface area is 259 Å². The first kappa shape index (κ1) is 29.7. The average Bonchev–Trinajstić information content (AvgIpc) is 3.01. The molecule has 1 aliphatic rings. The number of aliphatic carboxylic acids is 1. The van der Waals surface area contributed by atoms with Crippen molar-refractivity contribution < 1.29 is 19.4 Å². The topological polar surface area (TPSA) is 82.8 Å². The lowest BCUT2D eigenvalue weighted by molar-refractivity contribution is -0.144. The van der Waals surface area contributed by atoms with Crippen molar-refractivity contribution in [2.45, 2.75) is 45.1 Å². The summed E-state index contributed by atoms with van der Waals surface area (Å²) in [5.74, 6) is 0.204. The minimum Gasteiger partial charge on any atom is -0.488 e. The van der Waals surface area contributed by atoms with Crippen LogP contribution in [-0.2, 0) is 24.6 Å². The van der Waals surface area contributed by atoms with E-state index >= 15 is 0 Å². The van der Waals surface area contributed by atoms with Gasteiger partial charge in [0.1, 0.15) is 30.8 Å². The van der Waals surface area contributed by atoms with Crippen molar-refractivity contribution in [3.63, 3.8) is 0 Å². The van der Waals surface area contributed by atoms with Gasteiger partial charge in [-0.05, 0) is 70.2 Å². The van der Waals surface area contributed by atoms with Gasteiger partial charge >= 0.3 is 5.97 Å². The normalized spacial score (nSPS) is 15.1. The summed E-state index contributed by atoms with van der Waals surface area (Å²) in [5.41, 5.74) is 5.31. The number of carbonyl (C=O) groups is 1. The van der Waals surface area contributed by atoms with Gasteiger partial charge in [-0.15, -0.1) is 0 Å². The van der Waals surface area contributed by atoms with E-state index in [1.807, 2.05) is 47.4 Å². The smallest absolute Gasteiger partial charge is 0.320 e. The average molecular weight is 646 g/mol. The molecule has 5 rings (SSSR count). The predicted molar refractivity (Wildman–Crippen MR) is 167 cm³/mol. The van der Waals surface area contributed by atoms with Gasteiger partial charge < -0.3 is 14.6 Å². The Bertz CT molecular complexity index is 1610. The maximum absolute atomic E-state index is 11.9. The highest BCUT2D eigenvalue weighted by Crippen LogP contribution is 2.37. The summed E-state index contributed by atoms with van der Waals surface area (Å²) >= 11 is 10.5. The quantitative estimate of drug-likeness (QED) is 0.187. The summed E-state index contributed by atoms with van der Waals surface area (Å²) < 4.78 is 13.5. The number of hydrogen-bond acceptors (Lipinski definition) is 5. The summed E-state index contributed by atoms with van der Waals surface area (Å²) in [4.78, 5) is 13.9. The molecule has 0 aromatic heterocycles. The molecule has 1 aliphatic heterocycles. The second-order valence-corrected chi connectivity index (χ2v) is 11.4. The van der Waals surface area contributed by atoms with Crippen LogP contribution in [-0.4, -0.2) is 28.6 Å². The highest BCUT2D eigenvalue weighted by molar-refractivity contribution is 9.10. The molecule has 1 fully saturated rings. The molecule has 1 atom stereocenters. The number of carboxylic acids is 1. The van der Waals surface area contributed by atoms with E-state index in [2.05, 4.69) is 40.2 Å². The van der Waals surface area contributed by atoms with Crippen LogP contribution in [0, 0.1) is 11.3 Å². The molecule has 0 spiro atoms. The predicted octanol–water partition coefficient (Wildman–Crippen LogP) is 8.24. The molecule has 1 N–H and O–H groups in total. The first-order valence-electron chi connectivity index (χ1n) is 13.8. The lowest BCUT2D eigenvalue weighted by Gasteiger charge is -2.33. The van der Waals surface area contributed by atoms with Crippen molar-refractivity contribution in [2.75, 3.05) is 6.54 Å². The SMILES string of the molecule is N#Cc1cccc(COc2cc(OCc3cccc(-c4ccccc4)c3Br)c(Cl)cc2CN2CCCC[C@H]2C(=O)O)c1. The largest absolute Gasteiger partial charge is 0.488 e. The van der Waals surface area contributed by atoms with Crippen LogP contribution in [0.5, 0.6) is 11.5 Å². The van der Waals surface area contributed by atoms with E-state index in [-0.39, 0.29) is 13.2 Å². The summed E-state index contributed by atoms with van der Waals surface area (Å²) in [6.45, 7) is 1.57. The molecule has 6 nitrogen and oxygen atoms in total. The molecular formula is C34H30BrClN2O4. The maximum atomic E-state index is 11.9. The van der Waals surface area contributed by atoms with Crippen LogP contribution in [0.4, 0.5) is 0 Å². The molecule has 0 bridgehead atoms. The highest BCUT2D eigenvalue weighted by atomic mass is 79.9. The van der Waals surface area contributed by atoms with Gasteiger partial charge in [0, 0.05) is 28.2 Å². The highest BCUT2D eigenvalue weighted by Gasteiger charge is 2.29. The van der Waals surface area contributed by atoms with Crippen molar-refractivity contribution in [3.05, 3.63) is 117 Å². The zero-order chi connectivity index (χ0) is 29.5. The Morgan fingerprint density at radius 1 is 0.952 bits per heavy atom. The Morgan fingerprint density at radius 3 is 2.52 bits per heavy atom. The number of carboxylic acid groups (broad SMARTS) is 1. The lowest BCUT2D eigenvalue weighted by atomic mass is 10.0. The van der Waals surface area contributed by atoms with Crippen LogP contribution in [0.25, 0.3) is 11.1 Å². The minimum atomic E-state index is -0.820. The summed E-state index contributed by atoms with van der Waals surface area (Å²) in [7, 11) is 0. The Morgan fingerprint density at radius 2 is 1.74 bits per heavy atom. The first-order chi connectivity index (χ1) is 20.4.